The first kappa shape index (κ1) is 12.3. The van der Waals surface area contributed by atoms with Gasteiger partial charge in [0.15, 0.2) is 0 Å². The molecule has 0 unspecified atom stereocenters. The lowest BCUT2D eigenvalue weighted by Crippen LogP contribution is -1.84. The van der Waals surface area contributed by atoms with E-state index in [1.54, 1.807) is 24.5 Å². The van der Waals surface area contributed by atoms with Crippen LogP contribution in [0.1, 0.15) is 5.56 Å². The van der Waals surface area contributed by atoms with Crippen LogP contribution < -0.4 is 0 Å². The summed E-state index contributed by atoms with van der Waals surface area (Å²) in [5.41, 5.74) is 3.73. The third-order valence-electron chi connectivity index (χ3n) is 3.38. The summed E-state index contributed by atoms with van der Waals surface area (Å²) in [5.74, 6) is 0.802. The molecule has 0 bridgehead atoms. The van der Waals surface area contributed by atoms with E-state index in [-0.39, 0.29) is 0 Å². The third kappa shape index (κ3) is 1.93. The summed E-state index contributed by atoms with van der Waals surface area (Å²) in [7, 11) is 0. The second kappa shape index (κ2) is 4.82. The van der Waals surface area contributed by atoms with E-state index in [0.29, 0.717) is 22.8 Å². The molecular formula is C16H9N5O. The van der Waals surface area contributed by atoms with Crippen LogP contribution in [-0.2, 0) is 0 Å². The summed E-state index contributed by atoms with van der Waals surface area (Å²) < 4.78 is 5.30. The molecule has 4 aromatic rings. The summed E-state index contributed by atoms with van der Waals surface area (Å²) in [5, 5.41) is 13.1. The zero-order chi connectivity index (χ0) is 14.9. The number of nitriles is 1. The largest absolute Gasteiger partial charge is 0.345 e. The van der Waals surface area contributed by atoms with E-state index in [4.69, 9.17) is 9.78 Å². The fourth-order valence-corrected chi connectivity index (χ4v) is 2.29. The maximum absolute atomic E-state index is 9.15. The van der Waals surface area contributed by atoms with E-state index in [0.717, 1.165) is 16.6 Å². The van der Waals surface area contributed by atoms with Crippen LogP contribution in [0.3, 0.4) is 0 Å². The number of fused-ring (bicyclic) bond motifs is 1. The molecule has 2 aromatic carbocycles. The Kier molecular flexibility index (Phi) is 2.70. The van der Waals surface area contributed by atoms with Crippen molar-refractivity contribution in [3.63, 3.8) is 0 Å². The van der Waals surface area contributed by atoms with Crippen LogP contribution in [0.25, 0.3) is 33.9 Å². The lowest BCUT2D eigenvalue weighted by Gasteiger charge is -1.96. The van der Waals surface area contributed by atoms with Gasteiger partial charge in [-0.1, -0.05) is 17.3 Å². The molecule has 0 saturated carbocycles. The van der Waals surface area contributed by atoms with Crippen molar-refractivity contribution >= 4 is 11.0 Å². The Hall–Kier alpha value is -3.46. The van der Waals surface area contributed by atoms with E-state index < -0.39 is 0 Å². The van der Waals surface area contributed by atoms with E-state index in [1.807, 2.05) is 24.3 Å². The lowest BCUT2D eigenvalue weighted by atomic mass is 10.1. The predicted octanol–water partition coefficient (Wildman–Crippen LogP) is 3.15. The number of rotatable bonds is 2. The fourth-order valence-electron chi connectivity index (χ4n) is 2.29. The highest BCUT2D eigenvalue weighted by Crippen LogP contribution is 2.25. The Bertz CT molecular complexity index is 1010. The van der Waals surface area contributed by atoms with Gasteiger partial charge in [-0.15, -0.1) is 0 Å². The number of nitrogens with one attached hydrogen (secondary N) is 1. The van der Waals surface area contributed by atoms with Crippen molar-refractivity contribution in [1.82, 2.24) is 20.1 Å². The van der Waals surface area contributed by atoms with Crippen LogP contribution in [0.15, 0.2) is 53.3 Å². The average molecular weight is 287 g/mol. The summed E-state index contributed by atoms with van der Waals surface area (Å²) in [6.07, 6.45) is 1.64. The Labute approximate surface area is 125 Å². The molecule has 22 heavy (non-hydrogen) atoms. The molecule has 2 aromatic heterocycles. The molecule has 0 fully saturated rings. The molecule has 0 aliphatic heterocycles. The quantitative estimate of drug-likeness (QED) is 0.611. The molecule has 0 spiro atoms. The van der Waals surface area contributed by atoms with Gasteiger partial charge < -0.3 is 9.51 Å². The van der Waals surface area contributed by atoms with Gasteiger partial charge in [-0.2, -0.15) is 10.2 Å². The standard InChI is InChI=1S/C16H9N5O/c17-8-11-3-1-2-4-12(11)16-20-15(21-22-16)10-5-6-13-14(7-10)19-9-18-13/h1-7,9H,(H,18,19). The van der Waals surface area contributed by atoms with E-state index in [9.17, 15) is 0 Å². The van der Waals surface area contributed by atoms with Crippen LogP contribution in [0, 0.1) is 11.3 Å². The number of hydrogen-bond acceptors (Lipinski definition) is 5. The molecule has 6 nitrogen and oxygen atoms in total. The zero-order valence-corrected chi connectivity index (χ0v) is 11.3. The first-order chi connectivity index (χ1) is 10.8. The molecule has 0 aliphatic rings. The van der Waals surface area contributed by atoms with Gasteiger partial charge in [0.05, 0.1) is 34.6 Å². The summed E-state index contributed by atoms with van der Waals surface area (Å²) in [6, 6.07) is 14.9. The van der Waals surface area contributed by atoms with Gasteiger partial charge in [-0.3, -0.25) is 0 Å². The molecule has 0 saturated heterocycles. The number of imidazole rings is 1. The topological polar surface area (TPSA) is 91.4 Å². The highest BCUT2D eigenvalue weighted by atomic mass is 16.5. The lowest BCUT2D eigenvalue weighted by molar-refractivity contribution is 0.432. The summed E-state index contributed by atoms with van der Waals surface area (Å²) in [6.45, 7) is 0. The van der Waals surface area contributed by atoms with Crippen molar-refractivity contribution in [2.24, 2.45) is 0 Å². The predicted molar refractivity (Wildman–Crippen MR) is 79.5 cm³/mol. The summed E-state index contributed by atoms with van der Waals surface area (Å²) in [4.78, 5) is 11.6. The number of aromatic amines is 1. The van der Waals surface area contributed by atoms with Crippen molar-refractivity contribution in [3.8, 4) is 28.9 Å². The van der Waals surface area contributed by atoms with Gasteiger partial charge in [0.25, 0.3) is 5.89 Å². The molecule has 0 radical (unpaired) electrons. The van der Waals surface area contributed by atoms with Crippen molar-refractivity contribution < 1.29 is 4.52 Å². The van der Waals surface area contributed by atoms with Gasteiger partial charge in [0.2, 0.25) is 5.82 Å². The monoisotopic (exact) mass is 287 g/mol. The Morgan fingerprint density at radius 1 is 1.14 bits per heavy atom. The smallest absolute Gasteiger partial charge is 0.259 e. The van der Waals surface area contributed by atoms with Crippen molar-refractivity contribution in [2.45, 2.75) is 0 Å². The molecule has 6 heteroatoms. The van der Waals surface area contributed by atoms with Gasteiger partial charge in [-0.05, 0) is 30.3 Å². The maximum Gasteiger partial charge on any atom is 0.259 e. The highest BCUT2D eigenvalue weighted by Gasteiger charge is 2.14. The normalized spacial score (nSPS) is 10.7. The molecular weight excluding hydrogens is 278 g/mol. The molecule has 0 atom stereocenters. The van der Waals surface area contributed by atoms with E-state index >= 15 is 0 Å². The first-order valence-electron chi connectivity index (χ1n) is 6.62. The van der Waals surface area contributed by atoms with Gasteiger partial charge in [0, 0.05) is 5.56 Å². The van der Waals surface area contributed by atoms with Crippen LogP contribution in [0.4, 0.5) is 0 Å². The first-order valence-corrected chi connectivity index (χ1v) is 6.62. The van der Waals surface area contributed by atoms with Crippen LogP contribution in [0.5, 0.6) is 0 Å². The second-order valence-electron chi connectivity index (χ2n) is 4.71. The molecule has 104 valence electrons. The maximum atomic E-state index is 9.15. The third-order valence-corrected chi connectivity index (χ3v) is 3.38. The number of nitrogens with zero attached hydrogens (tertiary/aromatic N) is 4. The zero-order valence-electron chi connectivity index (χ0n) is 11.3. The number of H-pyrrole nitrogens is 1. The Morgan fingerprint density at radius 3 is 2.95 bits per heavy atom. The fraction of sp³-hybridized carbons (Fsp3) is 0. The number of aromatic nitrogens is 4. The number of hydrogen-bond donors (Lipinski definition) is 1. The van der Waals surface area contributed by atoms with E-state index in [2.05, 4.69) is 26.2 Å². The van der Waals surface area contributed by atoms with Gasteiger partial charge in [0.1, 0.15) is 0 Å². The van der Waals surface area contributed by atoms with Crippen LogP contribution in [0.2, 0.25) is 0 Å². The molecule has 2 heterocycles. The van der Waals surface area contributed by atoms with Crippen LogP contribution >= 0.6 is 0 Å². The average Bonchev–Trinajstić information content (AvgIpc) is 3.23. The Morgan fingerprint density at radius 2 is 2.05 bits per heavy atom. The van der Waals surface area contributed by atoms with Gasteiger partial charge in [-0.25, -0.2) is 4.98 Å². The minimum absolute atomic E-state index is 0.330. The van der Waals surface area contributed by atoms with Crippen molar-refractivity contribution in [3.05, 3.63) is 54.4 Å². The second-order valence-corrected chi connectivity index (χ2v) is 4.71. The minimum Gasteiger partial charge on any atom is -0.345 e. The Balaban J connectivity index is 1.79. The van der Waals surface area contributed by atoms with Crippen molar-refractivity contribution in [1.29, 1.82) is 5.26 Å². The molecule has 1 N–H and O–H groups in total. The van der Waals surface area contributed by atoms with E-state index in [1.165, 1.54) is 0 Å². The van der Waals surface area contributed by atoms with Crippen LogP contribution in [-0.4, -0.2) is 20.1 Å². The van der Waals surface area contributed by atoms with Gasteiger partial charge >= 0.3 is 0 Å². The minimum atomic E-state index is 0.330. The molecule has 0 aliphatic carbocycles. The highest BCUT2D eigenvalue weighted by molar-refractivity contribution is 5.80. The summed E-state index contributed by atoms with van der Waals surface area (Å²) >= 11 is 0. The van der Waals surface area contributed by atoms with Crippen molar-refractivity contribution in [2.75, 3.05) is 0 Å². The molecule has 4 rings (SSSR count). The SMILES string of the molecule is N#Cc1ccccc1-c1nc(-c2ccc3nc[nH]c3c2)no1. The molecule has 0 amide bonds. The number of benzene rings is 2.